The summed E-state index contributed by atoms with van der Waals surface area (Å²) in [5.74, 6) is -1.12. The first-order chi connectivity index (χ1) is 10.6. The predicted molar refractivity (Wildman–Crippen MR) is 83.1 cm³/mol. The second-order valence-corrected chi connectivity index (χ2v) is 5.67. The molecule has 3 nitrogen and oxygen atoms in total. The van der Waals surface area contributed by atoms with Crippen LogP contribution in [0.2, 0.25) is 0 Å². The molecule has 0 spiro atoms. The second-order valence-electron chi connectivity index (χ2n) is 5.67. The first kappa shape index (κ1) is 14.9. The molecule has 0 bridgehead atoms. The minimum atomic E-state index is -0.584. The van der Waals surface area contributed by atoms with Crippen molar-refractivity contribution in [2.75, 3.05) is 38.1 Å². The highest BCUT2D eigenvalue weighted by Gasteiger charge is 2.23. The summed E-state index contributed by atoms with van der Waals surface area (Å²) in [5.41, 5.74) is 1.32. The summed E-state index contributed by atoms with van der Waals surface area (Å²) < 4.78 is 28.8. The molecular weight excluding hydrogens is 284 g/mol. The average molecular weight is 303 g/mol. The molecule has 0 atom stereocenters. The Kier molecular flexibility index (Phi) is 4.34. The van der Waals surface area contributed by atoms with Crippen LogP contribution in [0.3, 0.4) is 0 Å². The zero-order valence-electron chi connectivity index (χ0n) is 12.6. The van der Waals surface area contributed by atoms with E-state index in [4.69, 9.17) is 0 Å². The Hall–Kier alpha value is -2.01. The van der Waals surface area contributed by atoms with Crippen molar-refractivity contribution >= 4 is 5.69 Å². The van der Waals surface area contributed by atoms with Crippen molar-refractivity contribution < 1.29 is 8.78 Å². The summed E-state index contributed by atoms with van der Waals surface area (Å²) in [7, 11) is 2.01. The highest BCUT2D eigenvalue weighted by Crippen LogP contribution is 2.26. The molecule has 1 aliphatic heterocycles. The van der Waals surface area contributed by atoms with Gasteiger partial charge in [0.1, 0.15) is 5.69 Å². The number of nitrogens with zero attached hydrogens (tertiary/aromatic N) is 3. The molecule has 0 aliphatic carbocycles. The number of aromatic nitrogens is 1. The van der Waals surface area contributed by atoms with E-state index in [2.05, 4.69) is 9.88 Å². The van der Waals surface area contributed by atoms with Gasteiger partial charge in [-0.15, -0.1) is 0 Å². The zero-order valence-corrected chi connectivity index (χ0v) is 12.6. The second kappa shape index (κ2) is 6.40. The molecule has 0 radical (unpaired) electrons. The number of halogens is 2. The number of rotatable bonds is 3. The van der Waals surface area contributed by atoms with Crippen molar-refractivity contribution in [3.05, 3.63) is 59.4 Å². The van der Waals surface area contributed by atoms with Gasteiger partial charge in [0.2, 0.25) is 0 Å². The molecule has 2 heterocycles. The lowest BCUT2D eigenvalue weighted by molar-refractivity contribution is 0.310. The van der Waals surface area contributed by atoms with Crippen LogP contribution in [0.15, 0.2) is 36.5 Å². The van der Waals surface area contributed by atoms with Crippen LogP contribution >= 0.6 is 0 Å². The lowest BCUT2D eigenvalue weighted by Crippen LogP contribution is -2.45. The summed E-state index contributed by atoms with van der Waals surface area (Å²) >= 11 is 0. The molecule has 1 aliphatic rings. The highest BCUT2D eigenvalue weighted by molar-refractivity contribution is 5.50. The van der Waals surface area contributed by atoms with Crippen LogP contribution in [-0.2, 0) is 6.42 Å². The van der Waals surface area contributed by atoms with Crippen LogP contribution in [-0.4, -0.2) is 43.1 Å². The topological polar surface area (TPSA) is 19.4 Å². The maximum Gasteiger partial charge on any atom is 0.171 e. The average Bonchev–Trinajstić information content (AvgIpc) is 2.53. The van der Waals surface area contributed by atoms with Gasteiger partial charge in [-0.1, -0.05) is 30.3 Å². The van der Waals surface area contributed by atoms with Gasteiger partial charge in [0.15, 0.2) is 11.6 Å². The molecular formula is C17H19F2N3. The van der Waals surface area contributed by atoms with Crippen molar-refractivity contribution in [3.8, 4) is 0 Å². The number of benzene rings is 1. The minimum Gasteiger partial charge on any atom is -0.364 e. The fraction of sp³-hybridized carbons (Fsp3) is 0.353. The van der Waals surface area contributed by atoms with Crippen molar-refractivity contribution in [2.24, 2.45) is 0 Å². The van der Waals surface area contributed by atoms with E-state index >= 15 is 0 Å². The largest absolute Gasteiger partial charge is 0.364 e. The Morgan fingerprint density at radius 2 is 1.73 bits per heavy atom. The molecule has 1 saturated heterocycles. The standard InChI is InChI=1S/C17H19F2N3/c1-21-7-9-22(10-8-21)17-14(18)12-20-15(16(17)19)11-13-5-3-2-4-6-13/h2-6,12H,7-11H2,1H3. The summed E-state index contributed by atoms with van der Waals surface area (Å²) in [6.07, 6.45) is 1.50. The molecule has 0 unspecified atom stereocenters. The SMILES string of the molecule is CN1CCN(c2c(F)cnc(Cc3ccccc3)c2F)CC1. The molecule has 1 aromatic heterocycles. The summed E-state index contributed by atoms with van der Waals surface area (Å²) in [6.45, 7) is 2.85. The van der Waals surface area contributed by atoms with Crippen molar-refractivity contribution in [1.29, 1.82) is 0 Å². The van der Waals surface area contributed by atoms with Gasteiger partial charge >= 0.3 is 0 Å². The molecule has 1 fully saturated rings. The van der Waals surface area contributed by atoms with Gasteiger partial charge in [-0.2, -0.15) is 0 Å². The van der Waals surface area contributed by atoms with Crippen LogP contribution < -0.4 is 4.90 Å². The van der Waals surface area contributed by atoms with E-state index in [0.29, 0.717) is 25.2 Å². The number of hydrogen-bond donors (Lipinski definition) is 0. The maximum absolute atomic E-state index is 14.7. The van der Waals surface area contributed by atoms with Crippen LogP contribution in [0.5, 0.6) is 0 Å². The van der Waals surface area contributed by atoms with Crippen LogP contribution in [0, 0.1) is 11.6 Å². The lowest BCUT2D eigenvalue weighted by atomic mass is 10.1. The van der Waals surface area contributed by atoms with Gasteiger partial charge < -0.3 is 9.80 Å². The van der Waals surface area contributed by atoms with Gasteiger partial charge in [0.25, 0.3) is 0 Å². The molecule has 0 amide bonds. The molecule has 116 valence electrons. The number of piperazine rings is 1. The van der Waals surface area contributed by atoms with E-state index in [0.717, 1.165) is 24.8 Å². The van der Waals surface area contributed by atoms with Gasteiger partial charge in [0.05, 0.1) is 11.9 Å². The van der Waals surface area contributed by atoms with Crippen LogP contribution in [0.1, 0.15) is 11.3 Å². The van der Waals surface area contributed by atoms with E-state index in [1.54, 1.807) is 4.90 Å². The summed E-state index contributed by atoms with van der Waals surface area (Å²) in [6, 6.07) is 9.55. The summed E-state index contributed by atoms with van der Waals surface area (Å²) in [5, 5.41) is 0. The predicted octanol–water partition coefficient (Wildman–Crippen LogP) is 2.70. The Balaban J connectivity index is 1.89. The maximum atomic E-state index is 14.7. The van der Waals surface area contributed by atoms with E-state index in [9.17, 15) is 8.78 Å². The molecule has 2 aromatic rings. The Morgan fingerprint density at radius 3 is 2.41 bits per heavy atom. The Morgan fingerprint density at radius 1 is 1.05 bits per heavy atom. The lowest BCUT2D eigenvalue weighted by Gasteiger charge is -2.34. The van der Waals surface area contributed by atoms with E-state index < -0.39 is 11.6 Å². The number of hydrogen-bond acceptors (Lipinski definition) is 3. The van der Waals surface area contributed by atoms with Crippen molar-refractivity contribution in [1.82, 2.24) is 9.88 Å². The molecule has 5 heteroatoms. The third-order valence-corrected chi connectivity index (χ3v) is 4.06. The van der Waals surface area contributed by atoms with E-state index in [1.165, 1.54) is 0 Å². The smallest absolute Gasteiger partial charge is 0.171 e. The van der Waals surface area contributed by atoms with Crippen molar-refractivity contribution in [2.45, 2.75) is 6.42 Å². The minimum absolute atomic E-state index is 0.0639. The molecule has 0 N–H and O–H groups in total. The third kappa shape index (κ3) is 3.09. The zero-order chi connectivity index (χ0) is 15.5. The first-order valence-corrected chi connectivity index (χ1v) is 7.45. The van der Waals surface area contributed by atoms with Gasteiger partial charge in [-0.05, 0) is 12.6 Å². The molecule has 22 heavy (non-hydrogen) atoms. The van der Waals surface area contributed by atoms with E-state index in [-0.39, 0.29) is 5.69 Å². The molecule has 3 rings (SSSR count). The normalized spacial score (nSPS) is 16.0. The number of anilines is 1. The third-order valence-electron chi connectivity index (χ3n) is 4.06. The van der Waals surface area contributed by atoms with Gasteiger partial charge in [0, 0.05) is 32.6 Å². The van der Waals surface area contributed by atoms with Crippen LogP contribution in [0.25, 0.3) is 0 Å². The number of pyridine rings is 1. The number of likely N-dealkylation sites (N-methyl/N-ethyl adjacent to an activating group) is 1. The highest BCUT2D eigenvalue weighted by atomic mass is 19.1. The first-order valence-electron chi connectivity index (χ1n) is 7.45. The van der Waals surface area contributed by atoms with Gasteiger partial charge in [-0.25, -0.2) is 8.78 Å². The fourth-order valence-corrected chi connectivity index (χ4v) is 2.73. The Bertz CT molecular complexity index is 638. The monoisotopic (exact) mass is 303 g/mol. The fourth-order valence-electron chi connectivity index (χ4n) is 2.73. The van der Waals surface area contributed by atoms with Crippen molar-refractivity contribution in [3.63, 3.8) is 0 Å². The molecule has 1 aromatic carbocycles. The van der Waals surface area contributed by atoms with E-state index in [1.807, 2.05) is 37.4 Å². The Labute approximate surface area is 129 Å². The van der Waals surface area contributed by atoms with Crippen LogP contribution in [0.4, 0.5) is 14.5 Å². The summed E-state index contributed by atoms with van der Waals surface area (Å²) in [4.78, 5) is 7.89. The quantitative estimate of drug-likeness (QED) is 0.869. The van der Waals surface area contributed by atoms with Gasteiger partial charge in [-0.3, -0.25) is 4.98 Å². The molecule has 0 saturated carbocycles.